The maximum Gasteiger partial charge on any atom is 0.347 e. The third-order valence-electron chi connectivity index (χ3n) is 2.42. The Bertz CT molecular complexity index is 320. The van der Waals surface area contributed by atoms with Gasteiger partial charge in [0.2, 0.25) is 0 Å². The topological polar surface area (TPSA) is 78.6 Å². The van der Waals surface area contributed by atoms with Gasteiger partial charge in [0.15, 0.2) is 6.10 Å². The summed E-state index contributed by atoms with van der Waals surface area (Å²) in [5.74, 6) is -1.46. The third-order valence-corrected chi connectivity index (χ3v) is 2.42. The van der Waals surface area contributed by atoms with Gasteiger partial charge in [-0.2, -0.15) is 0 Å². The van der Waals surface area contributed by atoms with E-state index >= 15 is 0 Å². The fraction of sp³-hybridized carbons (Fsp3) is 0.714. The summed E-state index contributed by atoms with van der Waals surface area (Å²) in [6.07, 6.45) is 0.962. The molecule has 0 aliphatic carbocycles. The van der Waals surface area contributed by atoms with E-state index in [0.29, 0.717) is 6.42 Å². The number of esters is 2. The summed E-state index contributed by atoms with van der Waals surface area (Å²) in [6.45, 7) is 11.3. The second-order valence-electron chi connectivity index (χ2n) is 5.75. The number of rotatable bonds is 7. The van der Waals surface area contributed by atoms with Crippen LogP contribution in [0.3, 0.4) is 0 Å². The van der Waals surface area contributed by atoms with Gasteiger partial charge < -0.3 is 15.2 Å². The van der Waals surface area contributed by atoms with Gasteiger partial charge in [-0.05, 0) is 5.41 Å². The lowest BCUT2D eigenvalue weighted by Crippen LogP contribution is -2.36. The second-order valence-corrected chi connectivity index (χ2v) is 5.75. The van der Waals surface area contributed by atoms with Gasteiger partial charge in [-0.1, -0.05) is 40.3 Å². The maximum absolute atomic E-state index is 11.8. The predicted molar refractivity (Wildman–Crippen MR) is 73.3 cm³/mol. The molecule has 2 atom stereocenters. The fourth-order valence-corrected chi connectivity index (χ4v) is 1.32. The second kappa shape index (κ2) is 7.94. The van der Waals surface area contributed by atoms with Crippen molar-refractivity contribution in [2.75, 3.05) is 13.2 Å². The Balaban J connectivity index is 4.71. The van der Waals surface area contributed by atoms with Gasteiger partial charge in [-0.3, -0.25) is 4.79 Å². The molecule has 0 aromatic rings. The Labute approximate surface area is 115 Å². The molecule has 0 aliphatic heterocycles. The van der Waals surface area contributed by atoms with Crippen LogP contribution in [0.1, 0.15) is 34.1 Å². The number of hydrogen-bond donors (Lipinski definition) is 1. The fourth-order valence-electron chi connectivity index (χ4n) is 1.32. The zero-order valence-electron chi connectivity index (χ0n) is 12.3. The van der Waals surface area contributed by atoms with Gasteiger partial charge >= 0.3 is 11.9 Å². The average molecular weight is 271 g/mol. The minimum Gasteiger partial charge on any atom is -0.459 e. The molecule has 2 N–H and O–H groups in total. The molecule has 5 heteroatoms. The van der Waals surface area contributed by atoms with E-state index in [1.807, 2.05) is 20.8 Å². The van der Waals surface area contributed by atoms with E-state index in [1.165, 1.54) is 6.08 Å². The van der Waals surface area contributed by atoms with E-state index in [0.717, 1.165) is 0 Å². The van der Waals surface area contributed by atoms with Crippen LogP contribution in [0.4, 0.5) is 0 Å². The molecule has 0 rings (SSSR count). The van der Waals surface area contributed by atoms with Crippen LogP contribution in [0, 0.1) is 11.3 Å². The lowest BCUT2D eigenvalue weighted by atomic mass is 9.89. The zero-order chi connectivity index (χ0) is 15.1. The van der Waals surface area contributed by atoms with Gasteiger partial charge in [-0.25, -0.2) is 4.79 Å². The standard InChI is InChI=1S/C14H25NO4/c1-6-7-18-13(17)11(8-14(3,4)5)19-12(16)10(2)9-15/h6,10-11H,1,7-9,15H2,2-5H3/t10-,11?/m1/s1. The molecule has 0 bridgehead atoms. The highest BCUT2D eigenvalue weighted by Gasteiger charge is 2.30. The number of carbonyl (C=O) groups is 2. The first-order valence-corrected chi connectivity index (χ1v) is 6.39. The van der Waals surface area contributed by atoms with Crippen molar-refractivity contribution in [3.05, 3.63) is 12.7 Å². The first-order chi connectivity index (χ1) is 8.71. The monoisotopic (exact) mass is 271 g/mol. The first-order valence-electron chi connectivity index (χ1n) is 6.39. The van der Waals surface area contributed by atoms with E-state index < -0.39 is 24.0 Å². The number of carbonyl (C=O) groups excluding carboxylic acids is 2. The Kier molecular flexibility index (Phi) is 7.37. The van der Waals surface area contributed by atoms with E-state index in [2.05, 4.69) is 6.58 Å². The molecule has 5 nitrogen and oxygen atoms in total. The van der Waals surface area contributed by atoms with Crippen LogP contribution >= 0.6 is 0 Å². The largest absolute Gasteiger partial charge is 0.459 e. The highest BCUT2D eigenvalue weighted by atomic mass is 16.6. The molecule has 0 aromatic heterocycles. The number of nitrogens with two attached hydrogens (primary N) is 1. The van der Waals surface area contributed by atoms with Crippen molar-refractivity contribution in [2.24, 2.45) is 17.1 Å². The van der Waals surface area contributed by atoms with Gasteiger partial charge in [0, 0.05) is 13.0 Å². The number of ether oxygens (including phenoxy) is 2. The summed E-state index contributed by atoms with van der Waals surface area (Å²) in [7, 11) is 0. The third kappa shape index (κ3) is 7.62. The van der Waals surface area contributed by atoms with Gasteiger partial charge in [0.1, 0.15) is 6.61 Å². The quantitative estimate of drug-likeness (QED) is 0.562. The highest BCUT2D eigenvalue weighted by Crippen LogP contribution is 2.23. The van der Waals surface area contributed by atoms with Crippen LogP contribution in [-0.4, -0.2) is 31.2 Å². The Hall–Kier alpha value is -1.36. The van der Waals surface area contributed by atoms with Crippen molar-refractivity contribution in [1.82, 2.24) is 0 Å². The smallest absolute Gasteiger partial charge is 0.347 e. The molecule has 0 fully saturated rings. The molecule has 0 aromatic carbocycles. The van der Waals surface area contributed by atoms with Crippen LogP contribution in [0.25, 0.3) is 0 Å². The summed E-state index contributed by atoms with van der Waals surface area (Å²) in [4.78, 5) is 23.6. The molecular weight excluding hydrogens is 246 g/mol. The van der Waals surface area contributed by atoms with Crippen LogP contribution < -0.4 is 5.73 Å². The maximum atomic E-state index is 11.8. The normalized spacial score (nSPS) is 14.4. The molecular formula is C14H25NO4. The lowest BCUT2D eigenvalue weighted by Gasteiger charge is -2.25. The van der Waals surface area contributed by atoms with Crippen molar-refractivity contribution in [3.8, 4) is 0 Å². The van der Waals surface area contributed by atoms with Crippen LogP contribution in [0.5, 0.6) is 0 Å². The molecule has 0 radical (unpaired) electrons. The summed E-state index contributed by atoms with van der Waals surface area (Å²) in [6, 6.07) is 0. The van der Waals surface area contributed by atoms with Crippen molar-refractivity contribution >= 4 is 11.9 Å². The van der Waals surface area contributed by atoms with E-state index in [4.69, 9.17) is 15.2 Å². The number of hydrogen-bond acceptors (Lipinski definition) is 5. The molecule has 0 aliphatic rings. The first kappa shape index (κ1) is 17.6. The Morgan fingerprint density at radius 2 is 1.89 bits per heavy atom. The summed E-state index contributed by atoms with van der Waals surface area (Å²) < 4.78 is 10.2. The molecule has 0 spiro atoms. The van der Waals surface area contributed by atoms with Gasteiger partial charge in [0.05, 0.1) is 5.92 Å². The van der Waals surface area contributed by atoms with Gasteiger partial charge in [0.25, 0.3) is 0 Å². The zero-order valence-corrected chi connectivity index (χ0v) is 12.3. The van der Waals surface area contributed by atoms with E-state index in [1.54, 1.807) is 6.92 Å². The molecule has 19 heavy (non-hydrogen) atoms. The molecule has 0 heterocycles. The summed E-state index contributed by atoms with van der Waals surface area (Å²) >= 11 is 0. The van der Waals surface area contributed by atoms with Gasteiger partial charge in [-0.15, -0.1) is 0 Å². The molecule has 0 saturated carbocycles. The minimum atomic E-state index is -0.901. The summed E-state index contributed by atoms with van der Waals surface area (Å²) in [5.41, 5.74) is 5.24. The van der Waals surface area contributed by atoms with E-state index in [9.17, 15) is 9.59 Å². The lowest BCUT2D eigenvalue weighted by molar-refractivity contribution is -0.171. The molecule has 0 amide bonds. The van der Waals surface area contributed by atoms with Crippen molar-refractivity contribution < 1.29 is 19.1 Å². The van der Waals surface area contributed by atoms with Crippen molar-refractivity contribution in [3.63, 3.8) is 0 Å². The Morgan fingerprint density at radius 1 is 1.32 bits per heavy atom. The van der Waals surface area contributed by atoms with Crippen LogP contribution in [0.15, 0.2) is 12.7 Å². The van der Waals surface area contributed by atoms with Crippen molar-refractivity contribution in [2.45, 2.75) is 40.2 Å². The SMILES string of the molecule is C=CCOC(=O)C(CC(C)(C)C)OC(=O)[C@H](C)CN. The molecule has 0 saturated heterocycles. The molecule has 110 valence electrons. The highest BCUT2D eigenvalue weighted by molar-refractivity contribution is 5.80. The minimum absolute atomic E-state index is 0.101. The van der Waals surface area contributed by atoms with Crippen molar-refractivity contribution in [1.29, 1.82) is 0 Å². The van der Waals surface area contributed by atoms with E-state index in [-0.39, 0.29) is 18.6 Å². The van der Waals surface area contributed by atoms with Crippen LogP contribution in [0.2, 0.25) is 0 Å². The molecule has 1 unspecified atom stereocenters. The Morgan fingerprint density at radius 3 is 2.32 bits per heavy atom. The average Bonchev–Trinajstić information content (AvgIpc) is 2.32. The summed E-state index contributed by atoms with van der Waals surface area (Å²) in [5, 5.41) is 0. The van der Waals surface area contributed by atoms with Crippen LogP contribution in [-0.2, 0) is 19.1 Å². The predicted octanol–water partition coefficient (Wildman–Crippen LogP) is 1.66.